The van der Waals surface area contributed by atoms with Crippen LogP contribution >= 0.6 is 0 Å². The predicted molar refractivity (Wildman–Crippen MR) is 66.3 cm³/mol. The van der Waals surface area contributed by atoms with Gasteiger partial charge in [-0.25, -0.2) is 17.5 Å². The second kappa shape index (κ2) is 5.92. The highest BCUT2D eigenvalue weighted by molar-refractivity contribution is 7.89. The molecule has 2 N–H and O–H groups in total. The van der Waals surface area contributed by atoms with Crippen molar-refractivity contribution in [2.75, 3.05) is 19.3 Å². The van der Waals surface area contributed by atoms with Crippen LogP contribution in [-0.2, 0) is 10.0 Å². The maximum atomic E-state index is 12.8. The maximum absolute atomic E-state index is 12.8. The molecule has 0 saturated heterocycles. The third-order valence-corrected chi connectivity index (χ3v) is 3.76. The van der Waals surface area contributed by atoms with Crippen LogP contribution in [0.15, 0.2) is 18.2 Å². The zero-order valence-electron chi connectivity index (χ0n) is 10.2. The maximum Gasteiger partial charge on any atom is 0.251 e. The summed E-state index contributed by atoms with van der Waals surface area (Å²) in [6, 6.07) is 3.80. The molecule has 1 aromatic carbocycles. The van der Waals surface area contributed by atoms with Crippen LogP contribution in [0.2, 0.25) is 0 Å². The minimum atomic E-state index is -3.34. The van der Waals surface area contributed by atoms with Gasteiger partial charge < -0.3 is 5.32 Å². The molecule has 0 radical (unpaired) electrons. The van der Waals surface area contributed by atoms with Gasteiger partial charge in [-0.1, -0.05) is 0 Å². The Hall–Kier alpha value is -1.47. The van der Waals surface area contributed by atoms with Gasteiger partial charge in [-0.3, -0.25) is 4.79 Å². The number of benzene rings is 1. The molecule has 0 aliphatic carbocycles. The summed E-state index contributed by atoms with van der Waals surface area (Å²) in [5.41, 5.74) is 0.835. The SMILES string of the molecule is CNS(=O)(=O)CCNC(=O)c1ccc(F)cc1C. The van der Waals surface area contributed by atoms with Crippen molar-refractivity contribution in [2.24, 2.45) is 0 Å². The van der Waals surface area contributed by atoms with Crippen LogP contribution in [0.4, 0.5) is 4.39 Å². The Bertz CT molecular complexity index is 543. The van der Waals surface area contributed by atoms with E-state index in [-0.39, 0.29) is 12.3 Å². The standard InChI is InChI=1S/C11H15FN2O3S/c1-8-7-9(12)3-4-10(8)11(15)14-5-6-18(16,17)13-2/h3-4,7,13H,5-6H2,1-2H3,(H,14,15). The van der Waals surface area contributed by atoms with Gasteiger partial charge in [-0.15, -0.1) is 0 Å². The summed E-state index contributed by atoms with van der Waals surface area (Å²) in [6.07, 6.45) is 0. The predicted octanol–water partition coefficient (Wildman–Crippen LogP) is 0.413. The number of nitrogens with one attached hydrogen (secondary N) is 2. The third kappa shape index (κ3) is 4.08. The summed E-state index contributed by atoms with van der Waals surface area (Å²) < 4.78 is 37.2. The van der Waals surface area contributed by atoms with Crippen molar-refractivity contribution in [2.45, 2.75) is 6.92 Å². The van der Waals surface area contributed by atoms with Crippen molar-refractivity contribution in [3.05, 3.63) is 35.1 Å². The molecule has 0 fully saturated rings. The van der Waals surface area contributed by atoms with Gasteiger partial charge in [0.15, 0.2) is 0 Å². The van der Waals surface area contributed by atoms with E-state index in [1.54, 1.807) is 6.92 Å². The van der Waals surface area contributed by atoms with E-state index < -0.39 is 21.7 Å². The number of rotatable bonds is 5. The third-order valence-electron chi connectivity index (χ3n) is 2.40. The summed E-state index contributed by atoms with van der Waals surface area (Å²) in [7, 11) is -2.03. The zero-order valence-corrected chi connectivity index (χ0v) is 11.0. The van der Waals surface area contributed by atoms with E-state index >= 15 is 0 Å². The lowest BCUT2D eigenvalue weighted by atomic mass is 10.1. The number of carbonyl (C=O) groups excluding carboxylic acids is 1. The van der Waals surface area contributed by atoms with Gasteiger partial charge in [0.25, 0.3) is 5.91 Å². The molecule has 1 aromatic rings. The highest BCUT2D eigenvalue weighted by Gasteiger charge is 2.11. The van der Waals surface area contributed by atoms with Crippen molar-refractivity contribution < 1.29 is 17.6 Å². The minimum absolute atomic E-state index is 0.00117. The number of halogens is 1. The molecule has 18 heavy (non-hydrogen) atoms. The largest absolute Gasteiger partial charge is 0.351 e. The van der Waals surface area contributed by atoms with Crippen molar-refractivity contribution in [1.29, 1.82) is 0 Å². The van der Waals surface area contributed by atoms with Crippen LogP contribution in [0, 0.1) is 12.7 Å². The lowest BCUT2D eigenvalue weighted by molar-refractivity contribution is 0.0955. The normalized spacial score (nSPS) is 11.3. The summed E-state index contributed by atoms with van der Waals surface area (Å²) in [5.74, 6) is -1.03. The van der Waals surface area contributed by atoms with Gasteiger partial charge >= 0.3 is 0 Å². The Balaban J connectivity index is 2.61. The summed E-state index contributed by atoms with van der Waals surface area (Å²) in [4.78, 5) is 11.7. The Morgan fingerprint density at radius 2 is 2.06 bits per heavy atom. The highest BCUT2D eigenvalue weighted by Crippen LogP contribution is 2.09. The molecule has 0 heterocycles. The van der Waals surface area contributed by atoms with Crippen LogP contribution in [0.5, 0.6) is 0 Å². The molecule has 0 unspecified atom stereocenters. The van der Waals surface area contributed by atoms with Crippen molar-refractivity contribution in [3.63, 3.8) is 0 Å². The van der Waals surface area contributed by atoms with Crippen molar-refractivity contribution in [1.82, 2.24) is 10.0 Å². The fraction of sp³-hybridized carbons (Fsp3) is 0.364. The van der Waals surface area contributed by atoms with Gasteiger partial charge in [0.1, 0.15) is 5.82 Å². The second-order valence-corrected chi connectivity index (χ2v) is 5.78. The van der Waals surface area contributed by atoms with E-state index in [1.165, 1.54) is 25.2 Å². The van der Waals surface area contributed by atoms with Crippen LogP contribution in [0.1, 0.15) is 15.9 Å². The fourth-order valence-electron chi connectivity index (χ4n) is 1.38. The highest BCUT2D eigenvalue weighted by atomic mass is 32.2. The molecule has 7 heteroatoms. The van der Waals surface area contributed by atoms with Crippen LogP contribution in [-0.4, -0.2) is 33.7 Å². The van der Waals surface area contributed by atoms with E-state index in [0.717, 1.165) is 0 Å². The molecular formula is C11H15FN2O3S. The Labute approximate surface area is 105 Å². The molecule has 0 aliphatic rings. The topological polar surface area (TPSA) is 75.3 Å². The number of hydrogen-bond donors (Lipinski definition) is 2. The number of sulfonamides is 1. The molecule has 0 saturated carbocycles. The van der Waals surface area contributed by atoms with E-state index in [0.29, 0.717) is 11.1 Å². The molecule has 1 rings (SSSR count). The number of hydrogen-bond acceptors (Lipinski definition) is 3. The van der Waals surface area contributed by atoms with E-state index in [2.05, 4.69) is 10.0 Å². The summed E-state index contributed by atoms with van der Waals surface area (Å²) >= 11 is 0. The first kappa shape index (κ1) is 14.6. The second-order valence-electron chi connectivity index (χ2n) is 3.74. The zero-order chi connectivity index (χ0) is 13.8. The van der Waals surface area contributed by atoms with E-state index in [4.69, 9.17) is 0 Å². The van der Waals surface area contributed by atoms with Crippen molar-refractivity contribution >= 4 is 15.9 Å². The molecule has 5 nitrogen and oxygen atoms in total. The number of amides is 1. The smallest absolute Gasteiger partial charge is 0.251 e. The summed E-state index contributed by atoms with van der Waals surface area (Å²) in [6.45, 7) is 1.61. The van der Waals surface area contributed by atoms with Gasteiger partial charge in [0.05, 0.1) is 5.75 Å². The molecule has 1 amide bonds. The first-order valence-corrected chi connectivity index (χ1v) is 6.96. The molecule has 0 aromatic heterocycles. The fourth-order valence-corrected chi connectivity index (χ4v) is 1.95. The van der Waals surface area contributed by atoms with Crippen molar-refractivity contribution in [3.8, 4) is 0 Å². The molecule has 0 aliphatic heterocycles. The lowest BCUT2D eigenvalue weighted by Gasteiger charge is -2.07. The van der Waals surface area contributed by atoms with Gasteiger partial charge in [0.2, 0.25) is 10.0 Å². The quantitative estimate of drug-likeness (QED) is 0.816. The first-order valence-electron chi connectivity index (χ1n) is 5.31. The van der Waals surface area contributed by atoms with Crippen LogP contribution in [0.25, 0.3) is 0 Å². The molecule has 100 valence electrons. The molecule has 0 spiro atoms. The average Bonchev–Trinajstić information content (AvgIpc) is 2.28. The van der Waals surface area contributed by atoms with Crippen LogP contribution < -0.4 is 10.0 Å². The lowest BCUT2D eigenvalue weighted by Crippen LogP contribution is -2.33. The van der Waals surface area contributed by atoms with Gasteiger partial charge in [0, 0.05) is 12.1 Å². The van der Waals surface area contributed by atoms with Crippen LogP contribution in [0.3, 0.4) is 0 Å². The molecular weight excluding hydrogens is 259 g/mol. The first-order chi connectivity index (χ1) is 8.35. The minimum Gasteiger partial charge on any atom is -0.351 e. The monoisotopic (exact) mass is 274 g/mol. The number of aryl methyl sites for hydroxylation is 1. The van der Waals surface area contributed by atoms with Gasteiger partial charge in [-0.05, 0) is 37.7 Å². The Kier molecular flexibility index (Phi) is 4.80. The molecule has 0 bridgehead atoms. The Morgan fingerprint density at radius 1 is 1.39 bits per heavy atom. The molecule has 0 atom stereocenters. The summed E-state index contributed by atoms with van der Waals surface area (Å²) in [5, 5.41) is 2.47. The number of carbonyl (C=O) groups is 1. The Morgan fingerprint density at radius 3 is 2.61 bits per heavy atom. The average molecular weight is 274 g/mol. The van der Waals surface area contributed by atoms with E-state index in [9.17, 15) is 17.6 Å². The van der Waals surface area contributed by atoms with E-state index in [1.807, 2.05) is 0 Å². The van der Waals surface area contributed by atoms with Gasteiger partial charge in [-0.2, -0.15) is 0 Å².